The minimum Gasteiger partial charge on any atom is -0.453 e. The van der Waals surface area contributed by atoms with Crippen molar-refractivity contribution in [1.29, 1.82) is 5.26 Å². The Bertz CT molecular complexity index is 1130. The van der Waals surface area contributed by atoms with Crippen LogP contribution in [0.2, 0.25) is 0 Å². The molecule has 2 rings (SSSR count). The van der Waals surface area contributed by atoms with Crippen molar-refractivity contribution in [2.45, 2.75) is 31.9 Å². The molecule has 0 fully saturated rings. The van der Waals surface area contributed by atoms with E-state index in [-0.39, 0.29) is 33.6 Å². The van der Waals surface area contributed by atoms with Crippen molar-refractivity contribution in [2.75, 3.05) is 17.7 Å². The molecule has 34 heavy (non-hydrogen) atoms. The first kappa shape index (κ1) is 26.4. The van der Waals surface area contributed by atoms with Gasteiger partial charge in [0.2, 0.25) is 0 Å². The predicted molar refractivity (Wildman–Crippen MR) is 106 cm³/mol. The summed E-state index contributed by atoms with van der Waals surface area (Å²) in [6, 6.07) is 6.01. The number of nitrogens with one attached hydrogen (secondary N) is 2. The van der Waals surface area contributed by atoms with Gasteiger partial charge in [-0.25, -0.2) is 9.18 Å². The van der Waals surface area contributed by atoms with Gasteiger partial charge in [0.15, 0.2) is 0 Å². The monoisotopic (exact) mass is 491 g/mol. The Morgan fingerprint density at radius 1 is 0.912 bits per heavy atom. The number of hydrogen-bond acceptors (Lipinski definition) is 4. The Hall–Kier alpha value is -3.82. The molecule has 0 bridgehead atoms. The van der Waals surface area contributed by atoms with Crippen LogP contribution >= 0.6 is 0 Å². The lowest BCUT2D eigenvalue weighted by Gasteiger charge is -2.31. The van der Waals surface area contributed by atoms with Crippen molar-refractivity contribution in [3.05, 3.63) is 58.1 Å². The fraction of sp³-hybridized carbons (Fsp3) is 0.286. The van der Waals surface area contributed by atoms with Crippen LogP contribution in [0.25, 0.3) is 0 Å². The van der Waals surface area contributed by atoms with Crippen LogP contribution in [-0.2, 0) is 10.4 Å². The molecule has 0 aromatic heterocycles. The molecule has 0 aliphatic rings. The van der Waals surface area contributed by atoms with E-state index in [0.29, 0.717) is 12.1 Å². The average molecular weight is 491 g/mol. The number of carbonyl (C=O) groups is 2. The van der Waals surface area contributed by atoms with Gasteiger partial charge in [-0.05, 0) is 43.2 Å². The van der Waals surface area contributed by atoms with Gasteiger partial charge in [-0.15, -0.1) is 0 Å². The Labute approximate surface area is 188 Å². The molecule has 0 radical (unpaired) electrons. The third-order valence-electron chi connectivity index (χ3n) is 4.77. The van der Waals surface area contributed by atoms with Crippen molar-refractivity contribution in [3.8, 4) is 6.07 Å². The summed E-state index contributed by atoms with van der Waals surface area (Å²) in [6.07, 6.45) is -13.5. The molecule has 2 aromatic rings. The Morgan fingerprint density at radius 2 is 1.44 bits per heavy atom. The van der Waals surface area contributed by atoms with Crippen molar-refractivity contribution in [1.82, 2.24) is 0 Å². The molecule has 2 N–H and O–H groups in total. The van der Waals surface area contributed by atoms with Gasteiger partial charge in [0.1, 0.15) is 6.07 Å². The summed E-state index contributed by atoms with van der Waals surface area (Å²) in [4.78, 5) is 24.1. The number of amides is 2. The van der Waals surface area contributed by atoms with E-state index in [0.717, 1.165) is 27.0 Å². The van der Waals surface area contributed by atoms with Crippen molar-refractivity contribution in [2.24, 2.45) is 0 Å². The third-order valence-corrected chi connectivity index (χ3v) is 4.77. The Balaban J connectivity index is 2.47. The number of halogens is 7. The SMILES string of the molecule is COC(=O)Nc1cc(C(=O)Nc2c(C)cc(C(F)(C(F)(F)F)C(F)(F)F)cc2C)ccc1C#N. The highest BCUT2D eigenvalue weighted by Gasteiger charge is 2.73. The topological polar surface area (TPSA) is 91.2 Å². The number of benzene rings is 2. The fourth-order valence-corrected chi connectivity index (χ4v) is 3.08. The number of methoxy groups -OCH3 is 1. The van der Waals surface area contributed by atoms with Crippen LogP contribution in [0.5, 0.6) is 0 Å². The van der Waals surface area contributed by atoms with Crippen LogP contribution in [0, 0.1) is 25.2 Å². The fourth-order valence-electron chi connectivity index (χ4n) is 3.08. The molecule has 0 heterocycles. The zero-order valence-electron chi connectivity index (χ0n) is 17.7. The zero-order chi connectivity index (χ0) is 26.1. The van der Waals surface area contributed by atoms with Crippen molar-refractivity contribution < 1.29 is 45.1 Å². The lowest BCUT2D eigenvalue weighted by molar-refractivity contribution is -0.348. The van der Waals surface area contributed by atoms with E-state index in [9.17, 15) is 40.3 Å². The predicted octanol–water partition coefficient (Wildman–Crippen LogP) is 5.90. The lowest BCUT2D eigenvalue weighted by atomic mass is 9.90. The highest BCUT2D eigenvalue weighted by atomic mass is 19.4. The van der Waals surface area contributed by atoms with E-state index in [4.69, 9.17) is 5.26 Å². The van der Waals surface area contributed by atoms with Crippen molar-refractivity contribution in [3.63, 3.8) is 0 Å². The second kappa shape index (κ2) is 9.20. The summed E-state index contributed by atoms with van der Waals surface area (Å²) < 4.78 is 97.2. The summed E-state index contributed by atoms with van der Waals surface area (Å²) >= 11 is 0. The van der Waals surface area contributed by atoms with Crippen LogP contribution in [0.3, 0.4) is 0 Å². The number of nitriles is 1. The maximum atomic E-state index is 14.4. The molecule has 0 spiro atoms. The number of rotatable bonds is 4. The van der Waals surface area contributed by atoms with Gasteiger partial charge < -0.3 is 10.1 Å². The molecule has 0 unspecified atom stereocenters. The lowest BCUT2D eigenvalue weighted by Crippen LogP contribution is -2.50. The Morgan fingerprint density at radius 3 is 1.88 bits per heavy atom. The van der Waals surface area contributed by atoms with Gasteiger partial charge in [0.25, 0.3) is 5.91 Å². The van der Waals surface area contributed by atoms with E-state index >= 15 is 0 Å². The van der Waals surface area contributed by atoms with Crippen LogP contribution in [-0.4, -0.2) is 31.5 Å². The number of ether oxygens (including phenoxy) is 1. The van der Waals surface area contributed by atoms with Crippen LogP contribution in [0.15, 0.2) is 30.3 Å². The second-order valence-corrected chi connectivity index (χ2v) is 7.08. The van der Waals surface area contributed by atoms with E-state index in [1.54, 1.807) is 6.07 Å². The summed E-state index contributed by atoms with van der Waals surface area (Å²) in [6.45, 7) is 2.20. The molecule has 2 amide bonds. The van der Waals surface area contributed by atoms with Gasteiger partial charge in [-0.2, -0.15) is 31.6 Å². The van der Waals surface area contributed by atoms with Gasteiger partial charge in [0, 0.05) is 16.8 Å². The average Bonchev–Trinajstić information content (AvgIpc) is 2.73. The van der Waals surface area contributed by atoms with Crippen LogP contribution < -0.4 is 10.6 Å². The molecule has 0 aliphatic carbocycles. The third kappa shape index (κ3) is 4.90. The first-order chi connectivity index (χ1) is 15.6. The first-order valence-corrected chi connectivity index (χ1v) is 9.21. The normalized spacial score (nSPS) is 12.0. The molecular weight excluding hydrogens is 475 g/mol. The van der Waals surface area contributed by atoms with Crippen LogP contribution in [0.4, 0.5) is 46.9 Å². The molecule has 0 aliphatic heterocycles. The molecule has 2 aromatic carbocycles. The zero-order valence-corrected chi connectivity index (χ0v) is 17.7. The first-order valence-electron chi connectivity index (χ1n) is 9.21. The minimum atomic E-state index is -6.28. The molecule has 0 atom stereocenters. The minimum absolute atomic E-state index is 0.0164. The van der Waals surface area contributed by atoms with Crippen LogP contribution in [0.1, 0.15) is 32.6 Å². The van der Waals surface area contributed by atoms with Gasteiger partial charge in [0.05, 0.1) is 18.4 Å². The summed E-state index contributed by atoms with van der Waals surface area (Å²) in [5.74, 6) is -0.866. The molecule has 182 valence electrons. The highest BCUT2D eigenvalue weighted by molar-refractivity contribution is 6.06. The highest BCUT2D eigenvalue weighted by Crippen LogP contribution is 2.53. The molecule has 6 nitrogen and oxygen atoms in total. The largest absolute Gasteiger partial charge is 0.453 e. The van der Waals surface area contributed by atoms with E-state index in [2.05, 4.69) is 15.4 Å². The molecule has 0 saturated carbocycles. The van der Waals surface area contributed by atoms with Gasteiger partial charge in [-0.3, -0.25) is 10.1 Å². The number of alkyl halides is 7. The van der Waals surface area contributed by atoms with E-state index in [1.807, 2.05) is 0 Å². The maximum absolute atomic E-state index is 14.4. The van der Waals surface area contributed by atoms with Gasteiger partial charge >= 0.3 is 24.1 Å². The van der Waals surface area contributed by atoms with Gasteiger partial charge in [-0.1, -0.05) is 12.1 Å². The number of aryl methyl sites for hydroxylation is 2. The smallest absolute Gasteiger partial charge is 0.435 e. The van der Waals surface area contributed by atoms with E-state index < -0.39 is 35.6 Å². The standard InChI is InChI=1S/C21H16F7N3O3/c1-10-6-14(19(22,20(23,24)25)21(26,27)28)7-11(2)16(10)31-17(32)12-4-5-13(9-29)15(8-12)30-18(33)34-3/h4-8H,1-3H3,(H,30,33)(H,31,32). The number of nitrogens with zero attached hydrogens (tertiary/aromatic N) is 1. The number of anilines is 2. The number of hydrogen-bond donors (Lipinski definition) is 2. The second-order valence-electron chi connectivity index (χ2n) is 7.08. The quantitative estimate of drug-likeness (QED) is 0.522. The number of carbonyl (C=O) groups excluding carboxylic acids is 2. The summed E-state index contributed by atoms with van der Waals surface area (Å²) in [7, 11) is 1.07. The Kier molecular flexibility index (Phi) is 7.15. The maximum Gasteiger partial charge on any atom is 0.435 e. The molecular formula is C21H16F7N3O3. The summed E-state index contributed by atoms with van der Waals surface area (Å²) in [5.41, 5.74) is -8.17. The molecule has 13 heteroatoms. The van der Waals surface area contributed by atoms with E-state index in [1.165, 1.54) is 12.1 Å². The summed E-state index contributed by atoms with van der Waals surface area (Å²) in [5, 5.41) is 13.7. The molecule has 0 saturated heterocycles. The van der Waals surface area contributed by atoms with Crippen molar-refractivity contribution >= 4 is 23.4 Å².